The Hall–Kier alpha value is -0.850. The number of benzene rings is 1. The molecule has 0 aliphatic carbocycles. The molecule has 1 aromatic carbocycles. The molecule has 114 valence electrons. The molecule has 0 saturated carbocycles. The lowest BCUT2D eigenvalue weighted by atomic mass is 10.2. The van der Waals surface area contributed by atoms with Gasteiger partial charge < -0.3 is 10.2 Å². The fraction of sp³-hybridized carbons (Fsp3) is 0.533. The largest absolute Gasteiger partial charge is 0.357 e. The van der Waals surface area contributed by atoms with E-state index in [2.05, 4.69) is 22.1 Å². The highest BCUT2D eigenvalue weighted by Gasteiger charge is 2.05. The van der Waals surface area contributed by atoms with Crippen LogP contribution in [0.5, 0.6) is 0 Å². The molecule has 5 heteroatoms. The Balaban J connectivity index is 0.00000361. The molecule has 1 rings (SSSR count). The second-order valence-corrected chi connectivity index (χ2v) is 4.54. The highest BCUT2D eigenvalue weighted by molar-refractivity contribution is 14.0. The highest BCUT2D eigenvalue weighted by atomic mass is 127. The number of rotatable bonds is 6. The van der Waals surface area contributed by atoms with Gasteiger partial charge >= 0.3 is 0 Å². The summed E-state index contributed by atoms with van der Waals surface area (Å²) in [6, 6.07) is 6.77. The zero-order valence-corrected chi connectivity index (χ0v) is 14.9. The Morgan fingerprint density at radius 1 is 1.30 bits per heavy atom. The van der Waals surface area contributed by atoms with Crippen LogP contribution >= 0.6 is 24.0 Å². The zero-order valence-electron chi connectivity index (χ0n) is 12.5. The molecule has 20 heavy (non-hydrogen) atoms. The van der Waals surface area contributed by atoms with Gasteiger partial charge in [-0.3, -0.25) is 0 Å². The molecular weight excluding hydrogens is 368 g/mol. The molecule has 0 aliphatic rings. The van der Waals surface area contributed by atoms with Crippen LogP contribution in [0.4, 0.5) is 4.39 Å². The SMILES string of the molecule is CCCCN(C)C(=NCc1ccccc1F)NCC.I. The number of unbranched alkanes of at least 4 members (excludes halogenated alkanes) is 1. The topological polar surface area (TPSA) is 27.6 Å². The van der Waals surface area contributed by atoms with Crippen LogP contribution in [0.1, 0.15) is 32.3 Å². The average molecular weight is 393 g/mol. The molecular formula is C15H25FIN3. The summed E-state index contributed by atoms with van der Waals surface area (Å²) in [5.41, 5.74) is 0.627. The maximum Gasteiger partial charge on any atom is 0.193 e. The molecule has 1 aromatic rings. The van der Waals surface area contributed by atoms with E-state index in [1.54, 1.807) is 12.1 Å². The van der Waals surface area contributed by atoms with Crippen molar-refractivity contribution in [2.75, 3.05) is 20.1 Å². The Morgan fingerprint density at radius 3 is 2.60 bits per heavy atom. The number of guanidine groups is 1. The van der Waals surface area contributed by atoms with Crippen LogP contribution in [0.25, 0.3) is 0 Å². The van der Waals surface area contributed by atoms with Gasteiger partial charge in [0.2, 0.25) is 0 Å². The van der Waals surface area contributed by atoms with Gasteiger partial charge in [-0.1, -0.05) is 31.5 Å². The van der Waals surface area contributed by atoms with Crippen molar-refractivity contribution in [3.8, 4) is 0 Å². The quantitative estimate of drug-likeness (QED) is 0.454. The van der Waals surface area contributed by atoms with E-state index in [1.165, 1.54) is 6.07 Å². The fourth-order valence-electron chi connectivity index (χ4n) is 1.76. The van der Waals surface area contributed by atoms with Gasteiger partial charge in [0.15, 0.2) is 5.96 Å². The van der Waals surface area contributed by atoms with Crippen LogP contribution in [0.2, 0.25) is 0 Å². The third-order valence-electron chi connectivity index (χ3n) is 2.90. The van der Waals surface area contributed by atoms with Crippen LogP contribution in [-0.2, 0) is 6.54 Å². The van der Waals surface area contributed by atoms with Crippen LogP contribution in [0.15, 0.2) is 29.3 Å². The smallest absolute Gasteiger partial charge is 0.193 e. The minimum atomic E-state index is -0.196. The first-order valence-electron chi connectivity index (χ1n) is 6.91. The molecule has 3 nitrogen and oxygen atoms in total. The van der Waals surface area contributed by atoms with Crippen molar-refractivity contribution in [1.29, 1.82) is 0 Å². The second kappa shape index (κ2) is 10.9. The summed E-state index contributed by atoms with van der Waals surface area (Å²) in [4.78, 5) is 6.58. The average Bonchev–Trinajstić information content (AvgIpc) is 2.42. The molecule has 0 atom stereocenters. The first kappa shape index (κ1) is 19.1. The van der Waals surface area contributed by atoms with Gasteiger partial charge in [0, 0.05) is 25.7 Å². The summed E-state index contributed by atoms with van der Waals surface area (Å²) in [6.45, 7) is 6.33. The maximum atomic E-state index is 13.5. The monoisotopic (exact) mass is 393 g/mol. The summed E-state index contributed by atoms with van der Waals surface area (Å²) < 4.78 is 13.5. The van der Waals surface area contributed by atoms with Crippen molar-refractivity contribution < 1.29 is 4.39 Å². The van der Waals surface area contributed by atoms with E-state index in [0.29, 0.717) is 12.1 Å². The van der Waals surface area contributed by atoms with Gasteiger partial charge in [0.05, 0.1) is 6.54 Å². The van der Waals surface area contributed by atoms with Gasteiger partial charge in [0.1, 0.15) is 5.82 Å². The Kier molecular flexibility index (Phi) is 10.4. The lowest BCUT2D eigenvalue weighted by Crippen LogP contribution is -2.39. The lowest BCUT2D eigenvalue weighted by molar-refractivity contribution is 0.464. The van der Waals surface area contributed by atoms with Crippen LogP contribution < -0.4 is 5.32 Å². The molecule has 0 bridgehead atoms. The van der Waals surface area contributed by atoms with E-state index >= 15 is 0 Å². The number of nitrogens with one attached hydrogen (secondary N) is 1. The number of hydrogen-bond acceptors (Lipinski definition) is 1. The molecule has 0 aliphatic heterocycles. The minimum Gasteiger partial charge on any atom is -0.357 e. The van der Waals surface area contributed by atoms with Crippen molar-refractivity contribution in [2.24, 2.45) is 4.99 Å². The number of aliphatic imine (C=N–C) groups is 1. The van der Waals surface area contributed by atoms with E-state index in [1.807, 2.05) is 20.0 Å². The van der Waals surface area contributed by atoms with Crippen molar-refractivity contribution in [3.05, 3.63) is 35.6 Å². The van der Waals surface area contributed by atoms with Gasteiger partial charge in [-0.2, -0.15) is 0 Å². The van der Waals surface area contributed by atoms with Crippen molar-refractivity contribution in [2.45, 2.75) is 33.2 Å². The summed E-state index contributed by atoms with van der Waals surface area (Å²) in [6.07, 6.45) is 2.28. The maximum absolute atomic E-state index is 13.5. The summed E-state index contributed by atoms with van der Waals surface area (Å²) in [5, 5.41) is 3.23. The van der Waals surface area contributed by atoms with Crippen molar-refractivity contribution in [1.82, 2.24) is 10.2 Å². The lowest BCUT2D eigenvalue weighted by Gasteiger charge is -2.21. The summed E-state index contributed by atoms with van der Waals surface area (Å²) >= 11 is 0. The Labute approximate surface area is 138 Å². The normalized spacial score (nSPS) is 10.9. The van der Waals surface area contributed by atoms with Gasteiger partial charge in [-0.05, 0) is 19.4 Å². The first-order valence-corrected chi connectivity index (χ1v) is 6.91. The molecule has 1 N–H and O–H groups in total. The van der Waals surface area contributed by atoms with E-state index in [4.69, 9.17) is 0 Å². The zero-order chi connectivity index (χ0) is 14.1. The highest BCUT2D eigenvalue weighted by Crippen LogP contribution is 2.07. The number of hydrogen-bond donors (Lipinski definition) is 1. The molecule has 0 heterocycles. The standard InChI is InChI=1S/C15H24FN3.HI/c1-4-6-11-19(3)15(17-5-2)18-12-13-9-7-8-10-14(13)16;/h7-10H,4-6,11-12H2,1-3H3,(H,17,18);1H. The first-order chi connectivity index (χ1) is 9.19. The van der Waals surface area contributed by atoms with E-state index in [-0.39, 0.29) is 29.8 Å². The van der Waals surface area contributed by atoms with Gasteiger partial charge in [-0.15, -0.1) is 24.0 Å². The molecule has 0 fully saturated rings. The Bertz CT molecular complexity index is 410. The third kappa shape index (κ3) is 6.54. The molecule has 0 saturated heterocycles. The Morgan fingerprint density at radius 2 is 2.00 bits per heavy atom. The molecule has 0 unspecified atom stereocenters. The predicted octanol–water partition coefficient (Wildman–Crippen LogP) is 3.64. The molecule has 0 aromatic heterocycles. The predicted molar refractivity (Wildman–Crippen MR) is 94.2 cm³/mol. The van der Waals surface area contributed by atoms with E-state index in [9.17, 15) is 4.39 Å². The second-order valence-electron chi connectivity index (χ2n) is 4.54. The third-order valence-corrected chi connectivity index (χ3v) is 2.90. The number of halogens is 2. The van der Waals surface area contributed by atoms with Gasteiger partial charge in [-0.25, -0.2) is 9.38 Å². The van der Waals surface area contributed by atoms with E-state index < -0.39 is 0 Å². The minimum absolute atomic E-state index is 0. The summed E-state index contributed by atoms with van der Waals surface area (Å²) in [5.74, 6) is 0.637. The van der Waals surface area contributed by atoms with Crippen LogP contribution in [0.3, 0.4) is 0 Å². The van der Waals surface area contributed by atoms with Crippen molar-refractivity contribution in [3.63, 3.8) is 0 Å². The van der Waals surface area contributed by atoms with Gasteiger partial charge in [0.25, 0.3) is 0 Å². The summed E-state index contributed by atoms with van der Waals surface area (Å²) in [7, 11) is 2.01. The molecule has 0 amide bonds. The van der Waals surface area contributed by atoms with Crippen molar-refractivity contribution >= 4 is 29.9 Å². The van der Waals surface area contributed by atoms with Crippen LogP contribution in [-0.4, -0.2) is 31.0 Å². The molecule has 0 spiro atoms. The fourth-order valence-corrected chi connectivity index (χ4v) is 1.76. The molecule has 0 radical (unpaired) electrons. The number of nitrogens with zero attached hydrogens (tertiary/aromatic N) is 2. The van der Waals surface area contributed by atoms with E-state index in [0.717, 1.165) is 31.9 Å². The van der Waals surface area contributed by atoms with Crippen LogP contribution in [0, 0.1) is 5.82 Å².